The molecule has 1 saturated heterocycles. The topological polar surface area (TPSA) is 98.2 Å². The van der Waals surface area contributed by atoms with Gasteiger partial charge in [0.25, 0.3) is 0 Å². The average molecular weight is 244 g/mol. The molecule has 1 aliphatic heterocycles. The molecule has 17 heavy (non-hydrogen) atoms. The summed E-state index contributed by atoms with van der Waals surface area (Å²) < 4.78 is 0. The Labute approximate surface area is 98.6 Å². The van der Waals surface area contributed by atoms with Crippen molar-refractivity contribution in [2.24, 2.45) is 0 Å². The molecule has 1 aliphatic rings. The van der Waals surface area contributed by atoms with Gasteiger partial charge < -0.3 is 20.0 Å². The van der Waals surface area contributed by atoms with Crippen molar-refractivity contribution < 1.29 is 24.6 Å². The molecule has 1 heterocycles. The number of carboxylic acids is 1. The first-order valence-electron chi connectivity index (χ1n) is 5.43. The lowest BCUT2D eigenvalue weighted by molar-refractivity contribution is -0.157. The summed E-state index contributed by atoms with van der Waals surface area (Å²) in [5.41, 5.74) is 0. The Kier molecular flexibility index (Phi) is 4.45. The van der Waals surface area contributed by atoms with E-state index in [-0.39, 0.29) is 6.54 Å². The zero-order valence-electron chi connectivity index (χ0n) is 9.63. The van der Waals surface area contributed by atoms with Gasteiger partial charge >= 0.3 is 17.8 Å². The molecule has 1 fully saturated rings. The van der Waals surface area contributed by atoms with E-state index in [0.717, 1.165) is 0 Å². The standard InChI is InChI=1S/C10H16N2O5/c1-2-11-3-4-12(10(17)9(11)16)6-7(13)5-8(14)15/h7,13H,2-6H2,1H3,(H,14,15). The number of β-amino-alcohol motifs (C(OH)–C–C–N with tert-alkyl or cyclic N) is 1. The maximum Gasteiger partial charge on any atom is 0.312 e. The average Bonchev–Trinajstić information content (AvgIpc) is 2.24. The lowest BCUT2D eigenvalue weighted by atomic mass is 10.2. The molecule has 7 nitrogen and oxygen atoms in total. The molecule has 1 rings (SSSR count). The largest absolute Gasteiger partial charge is 0.481 e. The quantitative estimate of drug-likeness (QED) is 0.574. The summed E-state index contributed by atoms with van der Waals surface area (Å²) in [5.74, 6) is -2.41. The molecule has 7 heteroatoms. The first kappa shape index (κ1) is 13.4. The van der Waals surface area contributed by atoms with Crippen LogP contribution in [0.15, 0.2) is 0 Å². The van der Waals surface area contributed by atoms with Gasteiger partial charge in [-0.25, -0.2) is 0 Å². The number of piperazine rings is 1. The minimum atomic E-state index is -1.14. The lowest BCUT2D eigenvalue weighted by Crippen LogP contribution is -2.55. The van der Waals surface area contributed by atoms with Crippen molar-refractivity contribution in [1.29, 1.82) is 0 Å². The molecule has 0 saturated carbocycles. The van der Waals surface area contributed by atoms with E-state index in [0.29, 0.717) is 19.6 Å². The summed E-state index contributed by atoms with van der Waals surface area (Å²) in [4.78, 5) is 36.1. The Morgan fingerprint density at radius 2 is 1.82 bits per heavy atom. The van der Waals surface area contributed by atoms with Crippen LogP contribution in [-0.2, 0) is 14.4 Å². The molecule has 1 atom stereocenters. The molecule has 96 valence electrons. The van der Waals surface area contributed by atoms with Crippen molar-refractivity contribution >= 4 is 17.8 Å². The monoisotopic (exact) mass is 244 g/mol. The number of aliphatic hydroxyl groups excluding tert-OH is 1. The smallest absolute Gasteiger partial charge is 0.312 e. The summed E-state index contributed by atoms with van der Waals surface area (Å²) in [6, 6.07) is 0. The van der Waals surface area contributed by atoms with Gasteiger partial charge in [0.1, 0.15) is 0 Å². The van der Waals surface area contributed by atoms with Gasteiger partial charge in [-0.3, -0.25) is 14.4 Å². The van der Waals surface area contributed by atoms with Crippen LogP contribution in [0.25, 0.3) is 0 Å². The molecule has 0 aromatic heterocycles. The predicted molar refractivity (Wildman–Crippen MR) is 57.1 cm³/mol. The molecule has 0 aliphatic carbocycles. The van der Waals surface area contributed by atoms with Crippen LogP contribution >= 0.6 is 0 Å². The van der Waals surface area contributed by atoms with Crippen LogP contribution in [0.3, 0.4) is 0 Å². The number of carbonyl (C=O) groups excluding carboxylic acids is 2. The molecule has 2 amide bonds. The van der Waals surface area contributed by atoms with Crippen LogP contribution in [0, 0.1) is 0 Å². The second-order valence-electron chi connectivity index (χ2n) is 3.89. The number of amides is 2. The van der Waals surface area contributed by atoms with Gasteiger partial charge in [-0.2, -0.15) is 0 Å². The summed E-state index contributed by atoms with van der Waals surface area (Å²) in [5, 5.41) is 17.9. The summed E-state index contributed by atoms with van der Waals surface area (Å²) in [6.45, 7) is 2.88. The Morgan fingerprint density at radius 3 is 2.35 bits per heavy atom. The number of carbonyl (C=O) groups is 3. The van der Waals surface area contributed by atoms with Gasteiger partial charge in [0.2, 0.25) is 0 Å². The van der Waals surface area contributed by atoms with E-state index in [9.17, 15) is 19.5 Å². The molecular formula is C10H16N2O5. The van der Waals surface area contributed by atoms with Gasteiger partial charge in [-0.05, 0) is 6.92 Å². The van der Waals surface area contributed by atoms with Crippen molar-refractivity contribution in [2.75, 3.05) is 26.2 Å². The summed E-state index contributed by atoms with van der Waals surface area (Å²) in [7, 11) is 0. The highest BCUT2D eigenvalue weighted by Crippen LogP contribution is 2.06. The molecule has 0 radical (unpaired) electrons. The van der Waals surface area contributed by atoms with Crippen molar-refractivity contribution in [3.05, 3.63) is 0 Å². The molecule has 1 unspecified atom stereocenters. The first-order chi connectivity index (χ1) is 7.95. The SMILES string of the molecule is CCN1CCN(CC(O)CC(=O)O)C(=O)C1=O. The highest BCUT2D eigenvalue weighted by molar-refractivity contribution is 6.35. The van der Waals surface area contributed by atoms with Crippen molar-refractivity contribution in [3.8, 4) is 0 Å². The third-order valence-electron chi connectivity index (χ3n) is 2.62. The van der Waals surface area contributed by atoms with Gasteiger partial charge in [-0.1, -0.05) is 0 Å². The normalized spacial score (nSPS) is 18.5. The molecule has 0 spiro atoms. The van der Waals surface area contributed by atoms with Crippen LogP contribution in [0.1, 0.15) is 13.3 Å². The number of carboxylic acid groups (broad SMARTS) is 1. The number of aliphatic carboxylic acids is 1. The number of aliphatic hydroxyl groups is 1. The molecule has 0 aromatic carbocycles. The minimum Gasteiger partial charge on any atom is -0.481 e. The summed E-state index contributed by atoms with van der Waals surface area (Å²) >= 11 is 0. The number of hydrogen-bond donors (Lipinski definition) is 2. The fraction of sp³-hybridized carbons (Fsp3) is 0.700. The Morgan fingerprint density at radius 1 is 1.29 bits per heavy atom. The maximum absolute atomic E-state index is 11.6. The molecular weight excluding hydrogens is 228 g/mol. The third kappa shape index (κ3) is 3.42. The molecule has 2 N–H and O–H groups in total. The van der Waals surface area contributed by atoms with E-state index < -0.39 is 30.3 Å². The predicted octanol–water partition coefficient (Wildman–Crippen LogP) is -1.49. The van der Waals surface area contributed by atoms with E-state index >= 15 is 0 Å². The lowest BCUT2D eigenvalue weighted by Gasteiger charge is -2.33. The van der Waals surface area contributed by atoms with Crippen molar-refractivity contribution in [2.45, 2.75) is 19.4 Å². The second-order valence-corrected chi connectivity index (χ2v) is 3.89. The summed E-state index contributed by atoms with van der Waals surface area (Å²) in [6.07, 6.45) is -1.58. The molecule has 0 aromatic rings. The maximum atomic E-state index is 11.6. The van der Waals surface area contributed by atoms with E-state index in [2.05, 4.69) is 0 Å². The Balaban J connectivity index is 2.54. The van der Waals surface area contributed by atoms with E-state index in [1.54, 1.807) is 6.92 Å². The molecule has 0 bridgehead atoms. The van der Waals surface area contributed by atoms with Crippen LogP contribution in [0.5, 0.6) is 0 Å². The van der Waals surface area contributed by atoms with Gasteiger partial charge in [0.15, 0.2) is 0 Å². The minimum absolute atomic E-state index is 0.117. The fourth-order valence-electron chi connectivity index (χ4n) is 1.71. The van der Waals surface area contributed by atoms with Crippen LogP contribution in [0.2, 0.25) is 0 Å². The van der Waals surface area contributed by atoms with Gasteiger partial charge in [-0.15, -0.1) is 0 Å². The first-order valence-corrected chi connectivity index (χ1v) is 5.43. The van der Waals surface area contributed by atoms with E-state index in [1.807, 2.05) is 0 Å². The number of rotatable bonds is 5. The third-order valence-corrected chi connectivity index (χ3v) is 2.62. The highest BCUT2D eigenvalue weighted by Gasteiger charge is 2.32. The Hall–Kier alpha value is -1.63. The fourth-order valence-corrected chi connectivity index (χ4v) is 1.71. The number of likely N-dealkylation sites (N-methyl/N-ethyl adjacent to an activating group) is 1. The Bertz CT molecular complexity index is 331. The van der Waals surface area contributed by atoms with Crippen LogP contribution in [0.4, 0.5) is 0 Å². The second kappa shape index (κ2) is 5.62. The van der Waals surface area contributed by atoms with Crippen LogP contribution < -0.4 is 0 Å². The zero-order chi connectivity index (χ0) is 13.0. The number of hydrogen-bond acceptors (Lipinski definition) is 4. The van der Waals surface area contributed by atoms with Gasteiger partial charge in [0.05, 0.1) is 12.5 Å². The van der Waals surface area contributed by atoms with Gasteiger partial charge in [0, 0.05) is 26.2 Å². The van der Waals surface area contributed by atoms with E-state index in [4.69, 9.17) is 5.11 Å². The highest BCUT2D eigenvalue weighted by atomic mass is 16.4. The number of nitrogens with zero attached hydrogens (tertiary/aromatic N) is 2. The van der Waals surface area contributed by atoms with Crippen molar-refractivity contribution in [1.82, 2.24) is 9.80 Å². The zero-order valence-corrected chi connectivity index (χ0v) is 9.63. The van der Waals surface area contributed by atoms with E-state index in [1.165, 1.54) is 9.80 Å². The van der Waals surface area contributed by atoms with Crippen LogP contribution in [-0.4, -0.2) is 70.1 Å². The van der Waals surface area contributed by atoms with Crippen molar-refractivity contribution in [3.63, 3.8) is 0 Å².